The minimum Gasteiger partial charge on any atom is -0.463 e. The molecule has 0 radical (unpaired) electrons. The number of hydrogen-bond acceptors (Lipinski definition) is 3. The molecule has 0 N–H and O–H groups in total. The summed E-state index contributed by atoms with van der Waals surface area (Å²) in [4.78, 5) is 24.0. The number of ether oxygens (including phenoxy) is 1. The molecule has 2 rings (SSSR count). The van der Waals surface area contributed by atoms with Crippen molar-refractivity contribution >= 4 is 11.8 Å². The average molecular weight is 264 g/mol. The minimum absolute atomic E-state index is 0.0752. The summed E-state index contributed by atoms with van der Waals surface area (Å²) in [7, 11) is 0. The Morgan fingerprint density at radius 1 is 1.37 bits per heavy atom. The van der Waals surface area contributed by atoms with E-state index in [0.29, 0.717) is 24.7 Å². The summed E-state index contributed by atoms with van der Waals surface area (Å²) >= 11 is 0. The van der Waals surface area contributed by atoms with E-state index in [-0.39, 0.29) is 17.8 Å². The second-order valence-corrected chi connectivity index (χ2v) is 5.70. The lowest BCUT2D eigenvalue weighted by Crippen LogP contribution is -2.29. The van der Waals surface area contributed by atoms with Gasteiger partial charge in [-0.3, -0.25) is 4.79 Å². The van der Waals surface area contributed by atoms with Crippen LogP contribution in [0.5, 0.6) is 0 Å². The summed E-state index contributed by atoms with van der Waals surface area (Å²) in [5.41, 5.74) is 0.782. The Labute approximate surface area is 115 Å². The highest BCUT2D eigenvalue weighted by Crippen LogP contribution is 2.44. The zero-order chi connectivity index (χ0) is 13.8. The third-order valence-corrected chi connectivity index (χ3v) is 4.41. The second kappa shape index (κ2) is 6.36. The van der Waals surface area contributed by atoms with E-state index in [1.807, 2.05) is 6.92 Å². The molecule has 1 saturated carbocycles. The molecule has 3 atom stereocenters. The van der Waals surface area contributed by atoms with E-state index in [0.717, 1.165) is 37.7 Å². The molecule has 2 aliphatic rings. The summed E-state index contributed by atoms with van der Waals surface area (Å²) < 4.78 is 5.16. The van der Waals surface area contributed by atoms with Crippen LogP contribution < -0.4 is 0 Å². The van der Waals surface area contributed by atoms with Gasteiger partial charge in [-0.1, -0.05) is 25.8 Å². The first-order chi connectivity index (χ1) is 9.17. The first kappa shape index (κ1) is 14.3. The summed E-state index contributed by atoms with van der Waals surface area (Å²) in [5.74, 6) is 0.730. The van der Waals surface area contributed by atoms with Gasteiger partial charge in [0.2, 0.25) is 0 Å². The van der Waals surface area contributed by atoms with Gasteiger partial charge in [0.1, 0.15) is 5.78 Å². The quantitative estimate of drug-likeness (QED) is 0.716. The molecule has 3 heteroatoms. The molecule has 106 valence electrons. The van der Waals surface area contributed by atoms with Crippen molar-refractivity contribution in [3.8, 4) is 0 Å². The van der Waals surface area contributed by atoms with Crippen LogP contribution in [0.3, 0.4) is 0 Å². The van der Waals surface area contributed by atoms with Crippen LogP contribution in [0.25, 0.3) is 0 Å². The van der Waals surface area contributed by atoms with E-state index in [4.69, 9.17) is 4.74 Å². The first-order valence-corrected chi connectivity index (χ1v) is 7.58. The molecule has 1 fully saturated rings. The number of carbonyl (C=O) groups excluding carboxylic acids is 2. The molecule has 0 heterocycles. The van der Waals surface area contributed by atoms with Gasteiger partial charge in [0.25, 0.3) is 0 Å². The molecular weight excluding hydrogens is 240 g/mol. The van der Waals surface area contributed by atoms with Crippen molar-refractivity contribution in [2.24, 2.45) is 17.8 Å². The van der Waals surface area contributed by atoms with Gasteiger partial charge in [0, 0.05) is 23.8 Å². The van der Waals surface area contributed by atoms with Gasteiger partial charge >= 0.3 is 5.97 Å². The van der Waals surface area contributed by atoms with Crippen LogP contribution >= 0.6 is 0 Å². The van der Waals surface area contributed by atoms with Crippen molar-refractivity contribution < 1.29 is 14.3 Å². The SMILES string of the molecule is CCCC[C@H]1C=C(C(=O)OCC)[C@H]2CCC(=O)[C@H]2C1. The Morgan fingerprint density at radius 3 is 2.84 bits per heavy atom. The summed E-state index contributed by atoms with van der Waals surface area (Å²) in [6.07, 6.45) is 7.89. The van der Waals surface area contributed by atoms with Crippen molar-refractivity contribution in [2.75, 3.05) is 6.61 Å². The molecule has 0 aliphatic heterocycles. The van der Waals surface area contributed by atoms with E-state index in [2.05, 4.69) is 13.0 Å². The normalized spacial score (nSPS) is 29.9. The zero-order valence-electron chi connectivity index (χ0n) is 12.0. The van der Waals surface area contributed by atoms with Crippen LogP contribution in [-0.4, -0.2) is 18.4 Å². The number of Topliss-reactive ketones (excluding diaryl/α,β-unsaturated/α-hetero) is 1. The number of carbonyl (C=O) groups is 2. The molecule has 0 saturated heterocycles. The molecule has 0 aromatic rings. The smallest absolute Gasteiger partial charge is 0.333 e. The van der Waals surface area contributed by atoms with Crippen LogP contribution in [0, 0.1) is 17.8 Å². The van der Waals surface area contributed by atoms with Gasteiger partial charge in [-0.05, 0) is 32.1 Å². The van der Waals surface area contributed by atoms with Gasteiger partial charge in [-0.25, -0.2) is 4.79 Å². The molecule has 0 aromatic carbocycles. The van der Waals surface area contributed by atoms with Gasteiger partial charge in [-0.2, -0.15) is 0 Å². The molecule has 2 aliphatic carbocycles. The van der Waals surface area contributed by atoms with Gasteiger partial charge < -0.3 is 4.74 Å². The molecule has 3 nitrogen and oxygen atoms in total. The fourth-order valence-corrected chi connectivity index (χ4v) is 3.45. The molecule has 0 aromatic heterocycles. The number of hydrogen-bond donors (Lipinski definition) is 0. The summed E-state index contributed by atoms with van der Waals surface area (Å²) in [5, 5.41) is 0. The molecule has 0 spiro atoms. The monoisotopic (exact) mass is 264 g/mol. The fourth-order valence-electron chi connectivity index (χ4n) is 3.45. The van der Waals surface area contributed by atoms with E-state index >= 15 is 0 Å². The number of ketones is 1. The number of allylic oxidation sites excluding steroid dienone is 1. The first-order valence-electron chi connectivity index (χ1n) is 7.58. The largest absolute Gasteiger partial charge is 0.463 e. The Morgan fingerprint density at radius 2 is 2.16 bits per heavy atom. The van der Waals surface area contributed by atoms with Crippen molar-refractivity contribution in [1.82, 2.24) is 0 Å². The molecule has 0 amide bonds. The van der Waals surface area contributed by atoms with Gasteiger partial charge in [-0.15, -0.1) is 0 Å². The molecule has 0 bridgehead atoms. The topological polar surface area (TPSA) is 43.4 Å². The third-order valence-electron chi connectivity index (χ3n) is 4.41. The maximum absolute atomic E-state index is 12.1. The van der Waals surface area contributed by atoms with Crippen molar-refractivity contribution in [2.45, 2.75) is 52.4 Å². The molecule has 0 unspecified atom stereocenters. The highest BCUT2D eigenvalue weighted by Gasteiger charge is 2.43. The zero-order valence-corrected chi connectivity index (χ0v) is 12.0. The molecule has 19 heavy (non-hydrogen) atoms. The third kappa shape index (κ3) is 3.07. The lowest BCUT2D eigenvalue weighted by Gasteiger charge is -2.29. The number of esters is 1. The highest BCUT2D eigenvalue weighted by atomic mass is 16.5. The van der Waals surface area contributed by atoms with E-state index in [1.54, 1.807) is 0 Å². The summed E-state index contributed by atoms with van der Waals surface area (Å²) in [6.45, 7) is 4.40. The second-order valence-electron chi connectivity index (χ2n) is 5.70. The Balaban J connectivity index is 2.17. The lowest BCUT2D eigenvalue weighted by atomic mass is 9.74. The Hall–Kier alpha value is -1.12. The standard InChI is InChI=1S/C16H24O3/c1-3-5-6-11-9-13-12(7-8-15(13)17)14(10-11)16(18)19-4-2/h10-13H,3-9H2,1-2H3/t11-,12+,13+/m1/s1. The Kier molecular flexibility index (Phi) is 4.78. The van der Waals surface area contributed by atoms with E-state index in [1.165, 1.54) is 0 Å². The number of unbranched alkanes of at least 4 members (excludes halogenated alkanes) is 1. The fraction of sp³-hybridized carbons (Fsp3) is 0.750. The highest BCUT2D eigenvalue weighted by molar-refractivity contribution is 5.93. The lowest BCUT2D eigenvalue weighted by molar-refractivity contribution is -0.139. The average Bonchev–Trinajstić information content (AvgIpc) is 2.78. The van der Waals surface area contributed by atoms with E-state index < -0.39 is 0 Å². The maximum Gasteiger partial charge on any atom is 0.333 e. The Bertz CT molecular complexity index is 383. The van der Waals surface area contributed by atoms with Crippen molar-refractivity contribution in [3.63, 3.8) is 0 Å². The van der Waals surface area contributed by atoms with Crippen LogP contribution in [0.4, 0.5) is 0 Å². The van der Waals surface area contributed by atoms with Crippen LogP contribution in [0.1, 0.15) is 52.4 Å². The van der Waals surface area contributed by atoms with Crippen LogP contribution in [0.2, 0.25) is 0 Å². The van der Waals surface area contributed by atoms with E-state index in [9.17, 15) is 9.59 Å². The minimum atomic E-state index is -0.201. The maximum atomic E-state index is 12.1. The summed E-state index contributed by atoms with van der Waals surface area (Å²) in [6, 6.07) is 0. The number of rotatable bonds is 5. The van der Waals surface area contributed by atoms with Crippen LogP contribution in [0.15, 0.2) is 11.6 Å². The van der Waals surface area contributed by atoms with Crippen molar-refractivity contribution in [3.05, 3.63) is 11.6 Å². The van der Waals surface area contributed by atoms with Gasteiger partial charge in [0.05, 0.1) is 6.61 Å². The molecular formula is C16H24O3. The van der Waals surface area contributed by atoms with Gasteiger partial charge in [0.15, 0.2) is 0 Å². The van der Waals surface area contributed by atoms with Crippen molar-refractivity contribution in [1.29, 1.82) is 0 Å². The predicted molar refractivity (Wildman–Crippen MR) is 73.6 cm³/mol. The predicted octanol–water partition coefficient (Wildman–Crippen LogP) is 3.28. The van der Waals surface area contributed by atoms with Crippen LogP contribution in [-0.2, 0) is 14.3 Å². The number of fused-ring (bicyclic) bond motifs is 1.